The highest BCUT2D eigenvalue weighted by Crippen LogP contribution is 2.17. The minimum atomic E-state index is -0.284. The lowest BCUT2D eigenvalue weighted by Crippen LogP contribution is -2.35. The van der Waals surface area contributed by atoms with Gasteiger partial charge in [0.2, 0.25) is 11.9 Å². The van der Waals surface area contributed by atoms with Crippen molar-refractivity contribution in [2.24, 2.45) is 0 Å². The Kier molecular flexibility index (Phi) is 8.12. The molecule has 4 N–H and O–H groups in total. The van der Waals surface area contributed by atoms with Crippen molar-refractivity contribution in [1.82, 2.24) is 20.3 Å². The summed E-state index contributed by atoms with van der Waals surface area (Å²) >= 11 is 0. The summed E-state index contributed by atoms with van der Waals surface area (Å²) in [7, 11) is 1.75. The maximum absolute atomic E-state index is 12.1. The molecule has 0 bridgehead atoms. The highest BCUT2D eigenvalue weighted by Gasteiger charge is 2.10. The number of aromatic nitrogens is 3. The molecule has 0 aliphatic rings. The van der Waals surface area contributed by atoms with Gasteiger partial charge in [-0.15, -0.1) is 0 Å². The van der Waals surface area contributed by atoms with Crippen LogP contribution in [-0.4, -0.2) is 40.5 Å². The van der Waals surface area contributed by atoms with E-state index in [1.54, 1.807) is 32.6 Å². The summed E-state index contributed by atoms with van der Waals surface area (Å²) in [4.78, 5) is 25.1. The molecule has 3 aromatic rings. The molecule has 164 valence electrons. The fraction of sp³-hybridized carbons (Fsp3) is 0.250. The van der Waals surface area contributed by atoms with Gasteiger partial charge in [-0.25, -0.2) is 4.98 Å². The SMILES string of the molecule is CCCNc1nc(Nc2ccncc2)ncc1C#Cc1cccc(NC(=O)[C@H](C)NC)c1. The molecule has 0 saturated carbocycles. The van der Waals surface area contributed by atoms with Gasteiger partial charge in [-0.05, 0) is 50.7 Å². The molecule has 1 aromatic carbocycles. The number of nitrogens with zero attached hydrogens (tertiary/aromatic N) is 3. The molecule has 32 heavy (non-hydrogen) atoms. The maximum atomic E-state index is 12.1. The minimum absolute atomic E-state index is 0.102. The fourth-order valence-electron chi connectivity index (χ4n) is 2.67. The van der Waals surface area contributed by atoms with Crippen molar-refractivity contribution in [3.05, 3.63) is 66.1 Å². The smallest absolute Gasteiger partial charge is 0.241 e. The summed E-state index contributed by atoms with van der Waals surface area (Å²) in [6, 6.07) is 10.8. The van der Waals surface area contributed by atoms with E-state index in [-0.39, 0.29) is 11.9 Å². The summed E-state index contributed by atoms with van der Waals surface area (Å²) in [5.41, 5.74) is 3.02. The Morgan fingerprint density at radius 1 is 1.12 bits per heavy atom. The third-order valence-electron chi connectivity index (χ3n) is 4.57. The van der Waals surface area contributed by atoms with Gasteiger partial charge in [-0.2, -0.15) is 4.98 Å². The van der Waals surface area contributed by atoms with E-state index < -0.39 is 0 Å². The monoisotopic (exact) mass is 429 g/mol. The molecule has 0 saturated heterocycles. The van der Waals surface area contributed by atoms with Crippen LogP contribution >= 0.6 is 0 Å². The number of carbonyl (C=O) groups excluding carboxylic acids is 1. The number of hydrogen-bond donors (Lipinski definition) is 4. The summed E-state index contributed by atoms with van der Waals surface area (Å²) in [5.74, 6) is 7.32. The first-order valence-electron chi connectivity index (χ1n) is 10.5. The molecule has 0 fully saturated rings. The normalized spacial score (nSPS) is 11.1. The molecule has 2 heterocycles. The lowest BCUT2D eigenvalue weighted by molar-refractivity contribution is -0.117. The van der Waals surface area contributed by atoms with E-state index in [1.165, 1.54) is 0 Å². The predicted molar refractivity (Wildman–Crippen MR) is 128 cm³/mol. The Balaban J connectivity index is 1.81. The zero-order valence-electron chi connectivity index (χ0n) is 18.4. The summed E-state index contributed by atoms with van der Waals surface area (Å²) in [6.45, 7) is 4.66. The summed E-state index contributed by atoms with van der Waals surface area (Å²) in [6.07, 6.45) is 6.06. The summed E-state index contributed by atoms with van der Waals surface area (Å²) in [5, 5.41) is 12.3. The number of carbonyl (C=O) groups is 1. The Morgan fingerprint density at radius 3 is 2.69 bits per heavy atom. The van der Waals surface area contributed by atoms with Crippen LogP contribution in [0.4, 0.5) is 23.1 Å². The maximum Gasteiger partial charge on any atom is 0.241 e. The second kappa shape index (κ2) is 11.4. The molecule has 0 radical (unpaired) electrons. The Hall–Kier alpha value is -3.96. The van der Waals surface area contributed by atoms with E-state index in [2.05, 4.69) is 55.0 Å². The van der Waals surface area contributed by atoms with Gasteiger partial charge >= 0.3 is 0 Å². The van der Waals surface area contributed by atoms with Crippen LogP contribution in [0.25, 0.3) is 0 Å². The molecule has 1 amide bonds. The van der Waals surface area contributed by atoms with E-state index in [0.717, 1.165) is 24.2 Å². The molecule has 0 aliphatic carbocycles. The number of anilines is 4. The van der Waals surface area contributed by atoms with Crippen LogP contribution < -0.4 is 21.3 Å². The highest BCUT2D eigenvalue weighted by atomic mass is 16.2. The number of pyridine rings is 1. The first-order valence-corrected chi connectivity index (χ1v) is 10.5. The Labute approximate surface area is 188 Å². The second-order valence-electron chi connectivity index (χ2n) is 7.07. The van der Waals surface area contributed by atoms with Crippen molar-refractivity contribution in [2.45, 2.75) is 26.3 Å². The van der Waals surface area contributed by atoms with E-state index in [1.807, 2.05) is 36.4 Å². The topological polar surface area (TPSA) is 104 Å². The van der Waals surface area contributed by atoms with Gasteiger partial charge in [0.15, 0.2) is 0 Å². The van der Waals surface area contributed by atoms with Crippen LogP contribution in [0.5, 0.6) is 0 Å². The van der Waals surface area contributed by atoms with Crippen molar-refractivity contribution in [3.63, 3.8) is 0 Å². The third-order valence-corrected chi connectivity index (χ3v) is 4.57. The molecule has 8 nitrogen and oxygen atoms in total. The number of nitrogens with one attached hydrogen (secondary N) is 4. The molecule has 0 aliphatic heterocycles. The molecular weight excluding hydrogens is 402 g/mol. The van der Waals surface area contributed by atoms with Crippen LogP contribution in [-0.2, 0) is 4.79 Å². The van der Waals surface area contributed by atoms with Crippen LogP contribution in [0, 0.1) is 11.8 Å². The second-order valence-corrected chi connectivity index (χ2v) is 7.07. The van der Waals surface area contributed by atoms with Gasteiger partial charge in [-0.3, -0.25) is 9.78 Å². The number of rotatable bonds is 8. The van der Waals surface area contributed by atoms with Crippen molar-refractivity contribution in [2.75, 3.05) is 29.5 Å². The zero-order valence-corrected chi connectivity index (χ0v) is 18.4. The van der Waals surface area contributed by atoms with Crippen molar-refractivity contribution < 1.29 is 4.79 Å². The van der Waals surface area contributed by atoms with E-state index in [0.29, 0.717) is 23.0 Å². The number of likely N-dealkylation sites (N-methyl/N-ethyl adjacent to an activating group) is 1. The molecule has 0 spiro atoms. The Morgan fingerprint density at radius 2 is 1.94 bits per heavy atom. The van der Waals surface area contributed by atoms with E-state index in [4.69, 9.17) is 0 Å². The largest absolute Gasteiger partial charge is 0.369 e. The van der Waals surface area contributed by atoms with Crippen LogP contribution in [0.3, 0.4) is 0 Å². The van der Waals surface area contributed by atoms with Gasteiger partial charge in [0.1, 0.15) is 5.82 Å². The first-order chi connectivity index (χ1) is 15.6. The van der Waals surface area contributed by atoms with Crippen molar-refractivity contribution in [1.29, 1.82) is 0 Å². The van der Waals surface area contributed by atoms with E-state index in [9.17, 15) is 4.79 Å². The van der Waals surface area contributed by atoms with Gasteiger partial charge in [0.25, 0.3) is 0 Å². The minimum Gasteiger partial charge on any atom is -0.369 e. The first kappa shape index (κ1) is 22.7. The zero-order chi connectivity index (χ0) is 22.8. The van der Waals surface area contributed by atoms with Gasteiger partial charge in [0.05, 0.1) is 17.8 Å². The number of hydrogen-bond acceptors (Lipinski definition) is 7. The molecule has 2 aromatic heterocycles. The van der Waals surface area contributed by atoms with E-state index >= 15 is 0 Å². The standard InChI is InChI=1S/C24H27N7O/c1-4-12-27-22-19(16-28-24(31-22)30-20-10-13-26-14-11-20)9-8-18-6-5-7-21(15-18)29-23(32)17(2)25-3/h5-7,10-11,13-17,25H,4,12H2,1-3H3,(H,29,32)(H2,26,27,28,30,31)/t17-/m0/s1. The van der Waals surface area contributed by atoms with Gasteiger partial charge in [0, 0.05) is 35.9 Å². The predicted octanol–water partition coefficient (Wildman–Crippen LogP) is 3.38. The quantitative estimate of drug-likeness (QED) is 0.407. The highest BCUT2D eigenvalue weighted by molar-refractivity contribution is 5.94. The van der Waals surface area contributed by atoms with Crippen LogP contribution in [0.2, 0.25) is 0 Å². The number of amides is 1. The molecule has 8 heteroatoms. The molecule has 1 atom stereocenters. The van der Waals surface area contributed by atoms with Crippen molar-refractivity contribution >= 4 is 29.0 Å². The molecule has 0 unspecified atom stereocenters. The molecule has 3 rings (SSSR count). The van der Waals surface area contributed by atoms with Gasteiger partial charge in [-0.1, -0.05) is 24.8 Å². The summed E-state index contributed by atoms with van der Waals surface area (Å²) < 4.78 is 0. The third kappa shape index (κ3) is 6.52. The lowest BCUT2D eigenvalue weighted by atomic mass is 10.2. The average Bonchev–Trinajstić information content (AvgIpc) is 2.82. The Bertz CT molecular complexity index is 1110. The van der Waals surface area contributed by atoms with Crippen molar-refractivity contribution in [3.8, 4) is 11.8 Å². The number of benzene rings is 1. The average molecular weight is 430 g/mol. The van der Waals surface area contributed by atoms with Crippen LogP contribution in [0.15, 0.2) is 55.0 Å². The lowest BCUT2D eigenvalue weighted by Gasteiger charge is -2.11. The molecular formula is C24H27N7O. The van der Waals surface area contributed by atoms with Crippen LogP contribution in [0.1, 0.15) is 31.4 Å². The fourth-order valence-corrected chi connectivity index (χ4v) is 2.67. The van der Waals surface area contributed by atoms with Gasteiger partial charge < -0.3 is 21.3 Å².